The summed E-state index contributed by atoms with van der Waals surface area (Å²) in [5.41, 5.74) is 6.31. The summed E-state index contributed by atoms with van der Waals surface area (Å²) in [6, 6.07) is 9.70. The number of benzene rings is 1. The lowest BCUT2D eigenvalue weighted by Crippen LogP contribution is -2.40. The molecule has 15 heavy (non-hydrogen) atoms. The number of amides is 2. The number of hydrogen-bond acceptors (Lipinski definition) is 2. The molecular formula is C11H16N2OS. The lowest BCUT2D eigenvalue weighted by molar-refractivity contribution is 0.245. The summed E-state index contributed by atoms with van der Waals surface area (Å²) in [5.74, 6) is 0.607. The van der Waals surface area contributed by atoms with Crippen molar-refractivity contribution in [2.45, 2.75) is 18.9 Å². The van der Waals surface area contributed by atoms with Gasteiger partial charge in [-0.2, -0.15) is 12.6 Å². The summed E-state index contributed by atoms with van der Waals surface area (Å²) >= 11 is 4.17. The molecule has 3 nitrogen and oxygen atoms in total. The number of primary amides is 1. The van der Waals surface area contributed by atoms with Gasteiger partial charge in [0.25, 0.3) is 0 Å². The van der Waals surface area contributed by atoms with E-state index >= 15 is 0 Å². The number of carbonyl (C=O) groups is 1. The molecule has 0 aromatic heterocycles. The van der Waals surface area contributed by atoms with Gasteiger partial charge in [-0.1, -0.05) is 30.3 Å². The highest BCUT2D eigenvalue weighted by Crippen LogP contribution is 2.05. The lowest BCUT2D eigenvalue weighted by atomic mass is 10.1. The van der Waals surface area contributed by atoms with Gasteiger partial charge in [-0.15, -0.1) is 0 Å². The van der Waals surface area contributed by atoms with E-state index in [-0.39, 0.29) is 6.04 Å². The van der Waals surface area contributed by atoms with Gasteiger partial charge >= 0.3 is 6.03 Å². The van der Waals surface area contributed by atoms with E-state index in [1.165, 1.54) is 5.56 Å². The van der Waals surface area contributed by atoms with E-state index in [1.54, 1.807) is 0 Å². The number of urea groups is 1. The van der Waals surface area contributed by atoms with E-state index in [0.717, 1.165) is 12.8 Å². The van der Waals surface area contributed by atoms with Crippen LogP contribution in [-0.4, -0.2) is 17.8 Å². The number of hydrogen-bond donors (Lipinski definition) is 3. The van der Waals surface area contributed by atoms with Gasteiger partial charge in [-0.05, 0) is 18.4 Å². The van der Waals surface area contributed by atoms with Crippen LogP contribution < -0.4 is 11.1 Å². The summed E-state index contributed by atoms with van der Waals surface area (Å²) < 4.78 is 0. The van der Waals surface area contributed by atoms with Gasteiger partial charge in [0.15, 0.2) is 0 Å². The fourth-order valence-corrected chi connectivity index (χ4v) is 1.67. The molecule has 1 aromatic carbocycles. The van der Waals surface area contributed by atoms with Crippen molar-refractivity contribution in [1.29, 1.82) is 0 Å². The first-order chi connectivity index (χ1) is 7.22. The molecule has 0 aliphatic rings. The van der Waals surface area contributed by atoms with Crippen LogP contribution in [0.4, 0.5) is 4.79 Å². The maximum Gasteiger partial charge on any atom is 0.312 e. The third kappa shape index (κ3) is 4.74. The molecule has 82 valence electrons. The molecule has 1 rings (SSSR count). The van der Waals surface area contributed by atoms with E-state index < -0.39 is 6.03 Å². The van der Waals surface area contributed by atoms with Crippen LogP contribution in [0.5, 0.6) is 0 Å². The Balaban J connectivity index is 2.37. The molecule has 3 N–H and O–H groups in total. The number of nitrogens with one attached hydrogen (secondary N) is 1. The summed E-state index contributed by atoms with van der Waals surface area (Å²) in [4.78, 5) is 10.7. The average Bonchev–Trinajstić information content (AvgIpc) is 2.25. The number of carbonyl (C=O) groups excluding carboxylic acids is 1. The van der Waals surface area contributed by atoms with Crippen molar-refractivity contribution < 1.29 is 4.79 Å². The Morgan fingerprint density at radius 3 is 2.60 bits per heavy atom. The Kier molecular flexibility index (Phi) is 5.04. The molecule has 1 unspecified atom stereocenters. The van der Waals surface area contributed by atoms with E-state index in [4.69, 9.17) is 5.73 Å². The van der Waals surface area contributed by atoms with Crippen LogP contribution in [0.1, 0.15) is 12.0 Å². The van der Waals surface area contributed by atoms with Crippen molar-refractivity contribution in [3.63, 3.8) is 0 Å². The third-order valence-corrected chi connectivity index (χ3v) is 2.63. The van der Waals surface area contributed by atoms with Crippen LogP contribution in [0.15, 0.2) is 30.3 Å². The van der Waals surface area contributed by atoms with E-state index in [2.05, 4.69) is 30.1 Å². The van der Waals surface area contributed by atoms with Crippen LogP contribution in [0, 0.1) is 0 Å². The molecule has 0 aliphatic carbocycles. The van der Waals surface area contributed by atoms with Crippen LogP contribution in [0.3, 0.4) is 0 Å². The zero-order chi connectivity index (χ0) is 11.1. The zero-order valence-electron chi connectivity index (χ0n) is 8.52. The molecular weight excluding hydrogens is 208 g/mol. The Labute approximate surface area is 95.5 Å². The van der Waals surface area contributed by atoms with E-state index in [1.807, 2.05) is 18.2 Å². The maximum atomic E-state index is 10.7. The topological polar surface area (TPSA) is 55.1 Å². The Morgan fingerprint density at radius 2 is 2.07 bits per heavy atom. The van der Waals surface area contributed by atoms with Crippen molar-refractivity contribution >= 4 is 18.7 Å². The predicted molar refractivity (Wildman–Crippen MR) is 65.1 cm³/mol. The largest absolute Gasteiger partial charge is 0.352 e. The second-order valence-corrected chi connectivity index (χ2v) is 3.78. The molecule has 0 saturated carbocycles. The number of thiol groups is 1. The van der Waals surface area contributed by atoms with Gasteiger partial charge in [0.2, 0.25) is 0 Å². The van der Waals surface area contributed by atoms with Gasteiger partial charge in [-0.25, -0.2) is 4.79 Å². The molecule has 2 amide bonds. The molecule has 0 radical (unpaired) electrons. The minimum absolute atomic E-state index is 0.0473. The number of aryl methyl sites for hydroxylation is 1. The van der Waals surface area contributed by atoms with Gasteiger partial charge in [0, 0.05) is 11.8 Å². The highest BCUT2D eigenvalue weighted by Gasteiger charge is 2.07. The summed E-state index contributed by atoms with van der Waals surface area (Å²) in [5, 5.41) is 2.66. The van der Waals surface area contributed by atoms with Gasteiger partial charge in [0.1, 0.15) is 0 Å². The normalized spacial score (nSPS) is 12.1. The SMILES string of the molecule is NC(=O)NC(CS)CCc1ccccc1. The Hall–Kier alpha value is -1.16. The van der Waals surface area contributed by atoms with Crippen LogP contribution in [0.2, 0.25) is 0 Å². The van der Waals surface area contributed by atoms with Gasteiger partial charge < -0.3 is 11.1 Å². The molecule has 1 aromatic rings. The number of rotatable bonds is 5. The molecule has 0 aliphatic heterocycles. The average molecular weight is 224 g/mol. The molecule has 4 heteroatoms. The summed E-state index contributed by atoms with van der Waals surface area (Å²) in [6.45, 7) is 0. The Bertz CT molecular complexity index is 303. The van der Waals surface area contributed by atoms with Crippen molar-refractivity contribution in [3.8, 4) is 0 Å². The Morgan fingerprint density at radius 1 is 1.40 bits per heavy atom. The second-order valence-electron chi connectivity index (χ2n) is 3.41. The second kappa shape index (κ2) is 6.35. The minimum atomic E-state index is -0.484. The molecule has 0 spiro atoms. The van der Waals surface area contributed by atoms with Crippen molar-refractivity contribution in [1.82, 2.24) is 5.32 Å². The first-order valence-electron chi connectivity index (χ1n) is 4.93. The van der Waals surface area contributed by atoms with Crippen molar-refractivity contribution in [2.24, 2.45) is 5.73 Å². The fraction of sp³-hybridized carbons (Fsp3) is 0.364. The quantitative estimate of drug-likeness (QED) is 0.654. The number of nitrogens with two attached hydrogens (primary N) is 1. The maximum absolute atomic E-state index is 10.7. The van der Waals surface area contributed by atoms with Gasteiger partial charge in [0.05, 0.1) is 0 Å². The lowest BCUT2D eigenvalue weighted by Gasteiger charge is -2.14. The first kappa shape index (κ1) is 11.9. The summed E-state index contributed by atoms with van der Waals surface area (Å²) in [7, 11) is 0. The van der Waals surface area contributed by atoms with Crippen LogP contribution in [0.25, 0.3) is 0 Å². The predicted octanol–water partition coefficient (Wildman–Crippen LogP) is 1.59. The van der Waals surface area contributed by atoms with Crippen molar-refractivity contribution in [2.75, 3.05) is 5.75 Å². The molecule has 0 fully saturated rings. The monoisotopic (exact) mass is 224 g/mol. The molecule has 1 atom stereocenters. The van der Waals surface area contributed by atoms with Crippen LogP contribution in [-0.2, 0) is 6.42 Å². The highest BCUT2D eigenvalue weighted by molar-refractivity contribution is 7.80. The van der Waals surface area contributed by atoms with E-state index in [0.29, 0.717) is 5.75 Å². The molecule has 0 bridgehead atoms. The first-order valence-corrected chi connectivity index (χ1v) is 5.56. The molecule has 0 saturated heterocycles. The van der Waals surface area contributed by atoms with Crippen molar-refractivity contribution in [3.05, 3.63) is 35.9 Å². The van der Waals surface area contributed by atoms with Gasteiger partial charge in [-0.3, -0.25) is 0 Å². The fourth-order valence-electron chi connectivity index (χ4n) is 1.40. The third-order valence-electron chi connectivity index (χ3n) is 2.19. The molecule has 0 heterocycles. The minimum Gasteiger partial charge on any atom is -0.352 e. The van der Waals surface area contributed by atoms with Crippen LogP contribution >= 0.6 is 12.6 Å². The van der Waals surface area contributed by atoms with E-state index in [9.17, 15) is 4.79 Å². The smallest absolute Gasteiger partial charge is 0.312 e. The standard InChI is InChI=1S/C11H16N2OS/c12-11(14)13-10(8-15)7-6-9-4-2-1-3-5-9/h1-5,10,15H,6-8H2,(H3,12,13,14). The zero-order valence-corrected chi connectivity index (χ0v) is 9.41. The highest BCUT2D eigenvalue weighted by atomic mass is 32.1. The summed E-state index contributed by atoms with van der Waals surface area (Å²) in [6.07, 6.45) is 1.78.